The first kappa shape index (κ1) is 34.2. The minimum absolute atomic E-state index is 0.105. The van der Waals surface area contributed by atoms with Crippen LogP contribution in [0.5, 0.6) is 23.0 Å². The Labute approximate surface area is 306 Å². The zero-order chi connectivity index (χ0) is 36.1. The van der Waals surface area contributed by atoms with Gasteiger partial charge in [-0.15, -0.1) is 0 Å². The third-order valence-electron chi connectivity index (χ3n) is 9.43. The van der Waals surface area contributed by atoms with Gasteiger partial charge in [0.15, 0.2) is 11.5 Å². The van der Waals surface area contributed by atoms with E-state index < -0.39 is 0 Å². The van der Waals surface area contributed by atoms with Crippen LogP contribution < -0.4 is 9.47 Å². The molecule has 0 bridgehead atoms. The van der Waals surface area contributed by atoms with Crippen LogP contribution in [0.1, 0.15) is 37.5 Å². The predicted molar refractivity (Wildman–Crippen MR) is 212 cm³/mol. The summed E-state index contributed by atoms with van der Waals surface area (Å²) < 4.78 is 13.2. The third-order valence-corrected chi connectivity index (χ3v) is 9.43. The van der Waals surface area contributed by atoms with E-state index in [2.05, 4.69) is 32.9 Å². The largest absolute Gasteiger partial charge is 0.507 e. The number of hydrogen-bond acceptors (Lipinski definition) is 4. The molecular formula is C48H42O4. The number of ether oxygens (including phenoxy) is 2. The minimum atomic E-state index is -0.105. The van der Waals surface area contributed by atoms with E-state index in [0.29, 0.717) is 11.5 Å². The number of hydrogen-bond donors (Lipinski definition) is 2. The Morgan fingerprint density at radius 3 is 1.29 bits per heavy atom. The van der Waals surface area contributed by atoms with E-state index >= 15 is 0 Å². The van der Waals surface area contributed by atoms with Crippen molar-refractivity contribution < 1.29 is 19.7 Å². The number of aromatic hydroxyl groups is 2. The van der Waals surface area contributed by atoms with Gasteiger partial charge >= 0.3 is 0 Å². The molecule has 2 N–H and O–H groups in total. The van der Waals surface area contributed by atoms with Crippen LogP contribution in [-0.2, 0) is 18.6 Å². The zero-order valence-corrected chi connectivity index (χ0v) is 29.7. The topological polar surface area (TPSA) is 58.9 Å². The molecule has 258 valence electrons. The number of phenolic OH excluding ortho intramolecular Hbond substituents is 2. The van der Waals surface area contributed by atoms with Crippen molar-refractivity contribution in [3.63, 3.8) is 0 Å². The summed E-state index contributed by atoms with van der Waals surface area (Å²) in [4.78, 5) is 0. The maximum absolute atomic E-state index is 11.5. The van der Waals surface area contributed by atoms with Gasteiger partial charge in [-0.25, -0.2) is 0 Å². The molecular weight excluding hydrogens is 641 g/mol. The van der Waals surface area contributed by atoms with Gasteiger partial charge in [0.25, 0.3) is 0 Å². The molecule has 4 heteroatoms. The fourth-order valence-electron chi connectivity index (χ4n) is 6.56. The van der Waals surface area contributed by atoms with Crippen molar-refractivity contribution in [2.45, 2.75) is 39.4 Å². The molecule has 0 aliphatic rings. The molecule has 0 spiro atoms. The van der Waals surface area contributed by atoms with Crippen LogP contribution in [0.3, 0.4) is 0 Å². The number of phenols is 2. The summed E-state index contributed by atoms with van der Waals surface area (Å²) in [6, 6.07) is 53.7. The summed E-state index contributed by atoms with van der Waals surface area (Å²) in [5, 5.41) is 22.9. The lowest BCUT2D eigenvalue weighted by atomic mass is 9.87. The van der Waals surface area contributed by atoms with Crippen molar-refractivity contribution in [3.8, 4) is 67.5 Å². The Morgan fingerprint density at radius 2 is 0.808 bits per heavy atom. The smallest absolute Gasteiger partial charge is 0.161 e. The van der Waals surface area contributed by atoms with Gasteiger partial charge in [-0.1, -0.05) is 172 Å². The molecule has 0 amide bonds. The second-order valence-electron chi connectivity index (χ2n) is 13.9. The molecule has 4 nitrogen and oxygen atoms in total. The standard InChI is InChI=1S/C48H42O4/c1-48(2,3)37-28-29-44(51-31-35-20-10-12-22-38(35)42-26-14-24-40(46(42)49)33-16-6-4-7-17-33)45(30-37)52-32-36-21-11-13-23-39(36)43-27-15-25-41(47(43)50)34-18-8-5-9-19-34/h4-30,49-50H,31-32H2,1-3H3. The first-order valence-electron chi connectivity index (χ1n) is 17.6. The van der Waals surface area contributed by atoms with E-state index in [0.717, 1.165) is 61.2 Å². The molecule has 0 aliphatic carbocycles. The van der Waals surface area contributed by atoms with Gasteiger partial charge in [-0.3, -0.25) is 0 Å². The Hall–Kier alpha value is -6.26. The highest BCUT2D eigenvalue weighted by Crippen LogP contribution is 2.42. The Morgan fingerprint density at radius 1 is 0.404 bits per heavy atom. The minimum Gasteiger partial charge on any atom is -0.507 e. The molecule has 0 atom stereocenters. The fraction of sp³-hybridized carbons (Fsp3) is 0.125. The van der Waals surface area contributed by atoms with E-state index in [1.165, 1.54) is 0 Å². The van der Waals surface area contributed by atoms with E-state index in [4.69, 9.17) is 9.47 Å². The predicted octanol–water partition coefficient (Wildman–Crippen LogP) is 12.2. The van der Waals surface area contributed by atoms with Crippen molar-refractivity contribution in [2.75, 3.05) is 0 Å². The summed E-state index contributed by atoms with van der Waals surface area (Å²) in [6.45, 7) is 7.07. The highest BCUT2D eigenvalue weighted by atomic mass is 16.5. The molecule has 0 heterocycles. The molecule has 0 saturated carbocycles. The third kappa shape index (κ3) is 7.28. The number of rotatable bonds is 10. The van der Waals surface area contributed by atoms with Crippen LogP contribution in [-0.4, -0.2) is 10.2 Å². The lowest BCUT2D eigenvalue weighted by molar-refractivity contribution is 0.255. The van der Waals surface area contributed by atoms with Gasteiger partial charge < -0.3 is 19.7 Å². The van der Waals surface area contributed by atoms with Crippen LogP contribution in [0.25, 0.3) is 44.5 Å². The van der Waals surface area contributed by atoms with Gasteiger partial charge in [0.05, 0.1) is 0 Å². The van der Waals surface area contributed by atoms with E-state index in [9.17, 15) is 10.2 Å². The molecule has 0 radical (unpaired) electrons. The lowest BCUT2D eigenvalue weighted by Crippen LogP contribution is -2.12. The molecule has 0 saturated heterocycles. The van der Waals surface area contributed by atoms with Gasteiger partial charge in [-0.05, 0) is 56.5 Å². The van der Waals surface area contributed by atoms with Crippen molar-refractivity contribution in [3.05, 3.63) is 180 Å². The zero-order valence-electron chi connectivity index (χ0n) is 29.7. The lowest BCUT2D eigenvalue weighted by Gasteiger charge is -2.22. The van der Waals surface area contributed by atoms with Crippen LogP contribution in [0.4, 0.5) is 0 Å². The quantitative estimate of drug-likeness (QED) is 0.151. The van der Waals surface area contributed by atoms with Gasteiger partial charge in [0.1, 0.15) is 24.7 Å². The van der Waals surface area contributed by atoms with Gasteiger partial charge in [0, 0.05) is 22.3 Å². The summed E-state index contributed by atoms with van der Waals surface area (Å²) in [5.41, 5.74) is 9.66. The normalized spacial score (nSPS) is 11.3. The molecule has 7 aromatic carbocycles. The molecule has 52 heavy (non-hydrogen) atoms. The maximum Gasteiger partial charge on any atom is 0.161 e. The van der Waals surface area contributed by atoms with Crippen LogP contribution in [0.15, 0.2) is 164 Å². The first-order chi connectivity index (χ1) is 25.3. The number of benzene rings is 7. The van der Waals surface area contributed by atoms with Crippen LogP contribution in [0.2, 0.25) is 0 Å². The highest BCUT2D eigenvalue weighted by Gasteiger charge is 2.20. The van der Waals surface area contributed by atoms with Gasteiger partial charge in [-0.2, -0.15) is 0 Å². The summed E-state index contributed by atoms with van der Waals surface area (Å²) >= 11 is 0. The Balaban J connectivity index is 1.18. The average Bonchev–Trinajstić information content (AvgIpc) is 3.17. The second kappa shape index (κ2) is 14.9. The van der Waals surface area contributed by atoms with Gasteiger partial charge in [0.2, 0.25) is 0 Å². The molecule has 0 aliphatic heterocycles. The molecule has 0 aromatic heterocycles. The van der Waals surface area contributed by atoms with Crippen molar-refractivity contribution in [1.82, 2.24) is 0 Å². The Bertz CT molecular complexity index is 2300. The van der Waals surface area contributed by atoms with Crippen molar-refractivity contribution in [1.29, 1.82) is 0 Å². The van der Waals surface area contributed by atoms with E-state index in [1.807, 2.05) is 152 Å². The van der Waals surface area contributed by atoms with E-state index in [1.54, 1.807) is 0 Å². The second-order valence-corrected chi connectivity index (χ2v) is 13.9. The van der Waals surface area contributed by atoms with Crippen LogP contribution in [0, 0.1) is 0 Å². The van der Waals surface area contributed by atoms with E-state index in [-0.39, 0.29) is 30.1 Å². The molecule has 7 aromatic rings. The van der Waals surface area contributed by atoms with Crippen LogP contribution >= 0.6 is 0 Å². The SMILES string of the molecule is CC(C)(C)c1ccc(OCc2ccccc2-c2cccc(-c3ccccc3)c2O)c(OCc2ccccc2-c2cccc(-c3ccccc3)c2O)c1. The molecule has 0 fully saturated rings. The van der Waals surface area contributed by atoms with Crippen molar-refractivity contribution >= 4 is 0 Å². The first-order valence-corrected chi connectivity index (χ1v) is 17.6. The summed E-state index contributed by atoms with van der Waals surface area (Å²) in [6.07, 6.45) is 0. The highest BCUT2D eigenvalue weighted by molar-refractivity contribution is 5.84. The fourth-order valence-corrected chi connectivity index (χ4v) is 6.56. The molecule has 7 rings (SSSR count). The monoisotopic (exact) mass is 682 g/mol. The van der Waals surface area contributed by atoms with Crippen molar-refractivity contribution in [2.24, 2.45) is 0 Å². The Kier molecular flexibility index (Phi) is 9.81. The number of para-hydroxylation sites is 2. The summed E-state index contributed by atoms with van der Waals surface area (Å²) in [5.74, 6) is 1.73. The summed E-state index contributed by atoms with van der Waals surface area (Å²) in [7, 11) is 0. The molecule has 0 unspecified atom stereocenters. The maximum atomic E-state index is 11.5. The average molecular weight is 683 g/mol.